The minimum absolute atomic E-state index is 0.0222. The molecule has 0 aliphatic carbocycles. The molecule has 0 bridgehead atoms. The molecule has 72 heavy (non-hydrogen) atoms. The van der Waals surface area contributed by atoms with Crippen molar-refractivity contribution < 1.29 is 37.4 Å². The summed E-state index contributed by atoms with van der Waals surface area (Å²) >= 11 is 0. The molecule has 5 heterocycles. The number of nitrogens with zero attached hydrogens (tertiary/aromatic N) is 4. The number of aldehydes is 1. The molecule has 3 aliphatic heterocycles. The van der Waals surface area contributed by atoms with Gasteiger partial charge in [0.1, 0.15) is 17.4 Å². The summed E-state index contributed by atoms with van der Waals surface area (Å²) in [6.45, 7) is 18.3. The van der Waals surface area contributed by atoms with Crippen molar-refractivity contribution in [3.63, 3.8) is 0 Å². The minimum Gasteiger partial charge on any atom is -0.347 e. The summed E-state index contributed by atoms with van der Waals surface area (Å²) in [4.78, 5) is 63.1. The molecule has 2 aromatic heterocycles. The Morgan fingerprint density at radius 2 is 1.10 bits per heavy atom. The Kier molecular flexibility index (Phi) is 15.2. The van der Waals surface area contributed by atoms with E-state index in [2.05, 4.69) is 19.9 Å². The van der Waals surface area contributed by atoms with Gasteiger partial charge >= 0.3 is 0 Å². The van der Waals surface area contributed by atoms with Crippen LogP contribution in [0.4, 0.5) is 8.78 Å². The van der Waals surface area contributed by atoms with Gasteiger partial charge in [0.2, 0.25) is 11.8 Å². The van der Waals surface area contributed by atoms with Crippen LogP contribution in [0.5, 0.6) is 0 Å². The summed E-state index contributed by atoms with van der Waals surface area (Å²) in [6, 6.07) is 28.6. The van der Waals surface area contributed by atoms with Crippen LogP contribution in [0, 0.1) is 11.6 Å². The molecule has 6 aromatic rings. The van der Waals surface area contributed by atoms with Crippen molar-refractivity contribution in [1.82, 2.24) is 19.8 Å². The van der Waals surface area contributed by atoms with E-state index >= 15 is 0 Å². The summed E-state index contributed by atoms with van der Waals surface area (Å²) in [7, 11) is 0. The molecule has 1 saturated heterocycles. The third-order valence-electron chi connectivity index (χ3n) is 13.4. The lowest BCUT2D eigenvalue weighted by Gasteiger charge is -2.39. The minimum atomic E-state index is -0.842. The van der Waals surface area contributed by atoms with Gasteiger partial charge in [-0.3, -0.25) is 29.1 Å². The van der Waals surface area contributed by atoms with Gasteiger partial charge in [0.25, 0.3) is 0 Å². The van der Waals surface area contributed by atoms with E-state index in [9.17, 15) is 28.0 Å². The number of pyridine rings is 2. The van der Waals surface area contributed by atoms with Gasteiger partial charge in [-0.15, -0.1) is 0 Å². The highest BCUT2D eigenvalue weighted by atomic mass is 19.1. The predicted molar refractivity (Wildman–Crippen MR) is 276 cm³/mol. The zero-order valence-electron chi connectivity index (χ0n) is 42.5. The number of ether oxygens (including phenoxy) is 2. The van der Waals surface area contributed by atoms with Crippen LogP contribution >= 0.6 is 0 Å². The van der Waals surface area contributed by atoms with Gasteiger partial charge in [-0.05, 0) is 84.7 Å². The maximum absolute atomic E-state index is 14.1. The number of hydrogen-bond donors (Lipinski definition) is 0. The molecule has 372 valence electrons. The lowest BCUT2D eigenvalue weighted by molar-refractivity contribution is -0.289. The molecule has 0 spiro atoms. The lowest BCUT2D eigenvalue weighted by atomic mass is 9.87. The van der Waals surface area contributed by atoms with Crippen LogP contribution in [0.15, 0.2) is 103 Å². The van der Waals surface area contributed by atoms with Crippen LogP contribution in [0.1, 0.15) is 137 Å². The number of fused-ring (bicyclic) bond motifs is 6. The first-order valence-corrected chi connectivity index (χ1v) is 24.6. The standard InChI is InChI=1S/C35H39FN2O4.C25H23FN2O2/c1-21(2)33-30(16-15-27-18-28(17-22(3)39)42-35(5,6)41-27)32(24-11-13-26(36)14-12-24)31-20-38(23(4)40)19-25-9-7-8-10-29(25)34(31)37-33;1-15(2)24-22(14-29)23(17-8-10-19(26)11-9-17)21-13-28(16(3)30)12-18-6-4-5-7-20(18)25(21)27-24/h7-16,21,27-28H,17-20H2,1-6H3;4-11,14-15H,12-13H2,1-3H3/b16-15+;/t27-,28+;/m1./s1. The highest BCUT2D eigenvalue weighted by Crippen LogP contribution is 2.44. The molecule has 10 nitrogen and oxygen atoms in total. The summed E-state index contributed by atoms with van der Waals surface area (Å²) < 4.78 is 40.0. The quantitative estimate of drug-likeness (QED) is 0.131. The topological polar surface area (TPSA) is 119 Å². The van der Waals surface area contributed by atoms with E-state index in [1.54, 1.807) is 49.9 Å². The molecule has 4 aromatic carbocycles. The van der Waals surface area contributed by atoms with E-state index in [-0.39, 0.29) is 53.3 Å². The molecular weight excluding hydrogens is 911 g/mol. The number of amides is 2. The Bertz CT molecular complexity index is 3070. The lowest BCUT2D eigenvalue weighted by Crippen LogP contribution is -2.44. The Hall–Kier alpha value is -7.02. The summed E-state index contributed by atoms with van der Waals surface area (Å²) in [5.41, 5.74) is 13.6. The second-order valence-corrected chi connectivity index (χ2v) is 20.0. The van der Waals surface area contributed by atoms with Gasteiger partial charge in [-0.25, -0.2) is 8.78 Å². The van der Waals surface area contributed by atoms with Gasteiger partial charge in [-0.1, -0.05) is 113 Å². The van der Waals surface area contributed by atoms with Crippen LogP contribution in [-0.4, -0.2) is 61.6 Å². The Morgan fingerprint density at radius 1 is 0.653 bits per heavy atom. The van der Waals surface area contributed by atoms with E-state index < -0.39 is 5.79 Å². The fourth-order valence-electron chi connectivity index (χ4n) is 10.2. The van der Waals surface area contributed by atoms with Crippen LogP contribution in [-0.2, 0) is 50.0 Å². The largest absolute Gasteiger partial charge is 0.347 e. The van der Waals surface area contributed by atoms with Crippen molar-refractivity contribution in [1.29, 1.82) is 0 Å². The van der Waals surface area contributed by atoms with Crippen LogP contribution in [0.25, 0.3) is 50.8 Å². The Balaban J connectivity index is 0.000000204. The van der Waals surface area contributed by atoms with Gasteiger partial charge in [0, 0.05) is 91.8 Å². The van der Waals surface area contributed by atoms with E-state index in [0.29, 0.717) is 50.3 Å². The monoisotopic (exact) mass is 972 g/mol. The molecule has 12 heteroatoms. The number of aromatic nitrogens is 2. The first kappa shape index (κ1) is 51.3. The average molecular weight is 973 g/mol. The molecule has 0 N–H and O–H groups in total. The highest BCUT2D eigenvalue weighted by molar-refractivity contribution is 5.94. The van der Waals surface area contributed by atoms with E-state index in [0.717, 1.165) is 84.6 Å². The van der Waals surface area contributed by atoms with Crippen molar-refractivity contribution in [3.8, 4) is 44.8 Å². The first-order chi connectivity index (χ1) is 34.3. The fraction of sp³-hybridized carbons (Fsp3) is 0.333. The summed E-state index contributed by atoms with van der Waals surface area (Å²) in [5.74, 6) is -1.40. The SMILES string of the molecule is CC(=O)C[C@H]1C[C@@H](/C=C/c2c(C(C)C)nc3c(c2-c2ccc(F)cc2)CN(C(C)=O)Cc2ccccc2-3)OC(C)(C)O1.CC(=O)N1Cc2ccccc2-c2nc(C(C)C)c(C=O)c(-c3ccc(F)cc3)c2C1. The molecule has 0 saturated carbocycles. The number of carbonyl (C=O) groups excluding carboxylic acids is 4. The zero-order chi connectivity index (χ0) is 51.6. The molecule has 1 fully saturated rings. The van der Waals surface area contributed by atoms with Crippen LogP contribution in [0.2, 0.25) is 0 Å². The summed E-state index contributed by atoms with van der Waals surface area (Å²) in [6.07, 6.45) is 5.25. The normalized spacial score (nSPS) is 17.0. The van der Waals surface area contributed by atoms with Crippen LogP contribution in [0.3, 0.4) is 0 Å². The van der Waals surface area contributed by atoms with Crippen molar-refractivity contribution >= 4 is 30.0 Å². The van der Waals surface area contributed by atoms with Crippen LogP contribution < -0.4 is 0 Å². The van der Waals surface area contributed by atoms with Crippen molar-refractivity contribution in [2.75, 3.05) is 0 Å². The van der Waals surface area contributed by atoms with E-state index in [1.165, 1.54) is 24.3 Å². The summed E-state index contributed by atoms with van der Waals surface area (Å²) in [5, 5.41) is 0. The molecule has 2 atom stereocenters. The van der Waals surface area contributed by atoms with Crippen molar-refractivity contribution in [3.05, 3.63) is 160 Å². The Morgan fingerprint density at radius 3 is 1.53 bits per heavy atom. The molecule has 0 unspecified atom stereocenters. The first-order valence-electron chi connectivity index (χ1n) is 24.6. The number of carbonyl (C=O) groups is 4. The highest BCUT2D eigenvalue weighted by Gasteiger charge is 2.36. The maximum atomic E-state index is 14.1. The second-order valence-electron chi connectivity index (χ2n) is 20.0. The Labute approximate surface area is 421 Å². The zero-order valence-corrected chi connectivity index (χ0v) is 42.5. The average Bonchev–Trinajstić information content (AvgIpc) is 3.61. The number of hydrogen-bond acceptors (Lipinski definition) is 8. The maximum Gasteiger partial charge on any atom is 0.220 e. The van der Waals surface area contributed by atoms with E-state index in [1.807, 2.05) is 87.2 Å². The van der Waals surface area contributed by atoms with Gasteiger partial charge in [0.05, 0.1) is 35.0 Å². The fourth-order valence-corrected chi connectivity index (χ4v) is 10.2. The van der Waals surface area contributed by atoms with Gasteiger partial charge in [-0.2, -0.15) is 0 Å². The third kappa shape index (κ3) is 11.0. The molecule has 0 radical (unpaired) electrons. The molecular formula is C60H62F2N4O6. The van der Waals surface area contributed by atoms with Crippen molar-refractivity contribution in [2.45, 2.75) is 131 Å². The van der Waals surface area contributed by atoms with Crippen molar-refractivity contribution in [2.24, 2.45) is 0 Å². The number of Topliss-reactive ketones (excluding diaryl/α,β-unsaturated/α-hetero) is 1. The molecule has 2 amide bonds. The smallest absolute Gasteiger partial charge is 0.220 e. The number of benzene rings is 4. The van der Waals surface area contributed by atoms with Gasteiger partial charge in [0.15, 0.2) is 12.1 Å². The second kappa shape index (κ2) is 21.4. The number of ketones is 1. The van der Waals surface area contributed by atoms with Gasteiger partial charge < -0.3 is 19.3 Å². The molecule has 9 rings (SSSR count). The van der Waals surface area contributed by atoms with E-state index in [4.69, 9.17) is 19.4 Å². The predicted octanol–water partition coefficient (Wildman–Crippen LogP) is 12.8. The number of rotatable bonds is 9. The third-order valence-corrected chi connectivity index (χ3v) is 13.4. The molecule has 3 aliphatic rings. The number of halogens is 2.